The van der Waals surface area contributed by atoms with Gasteiger partial charge in [0.05, 0.1) is 19.3 Å². The predicted octanol–water partition coefficient (Wildman–Crippen LogP) is 1.38. The highest BCUT2D eigenvalue weighted by atomic mass is 16.5. The maximum atomic E-state index is 9.40. The smallest absolute Gasteiger partial charge is 0.126 e. The van der Waals surface area contributed by atoms with Crippen LogP contribution in [0.3, 0.4) is 0 Å². The summed E-state index contributed by atoms with van der Waals surface area (Å²) in [6.07, 6.45) is -0.578. The Labute approximate surface area is 84.5 Å². The van der Waals surface area contributed by atoms with Crippen LogP contribution in [-0.2, 0) is 0 Å². The highest BCUT2D eigenvalue weighted by Crippen LogP contribution is 2.28. The van der Waals surface area contributed by atoms with Gasteiger partial charge in [-0.2, -0.15) is 0 Å². The average Bonchev–Trinajstić information content (AvgIpc) is 2.16. The Bertz CT molecular complexity index is 310. The second-order valence-corrected chi connectivity index (χ2v) is 3.46. The van der Waals surface area contributed by atoms with Gasteiger partial charge in [0, 0.05) is 5.56 Å². The first kappa shape index (κ1) is 11.0. The minimum Gasteiger partial charge on any atom is -0.496 e. The van der Waals surface area contributed by atoms with Gasteiger partial charge in [-0.1, -0.05) is 18.2 Å². The van der Waals surface area contributed by atoms with E-state index in [9.17, 15) is 5.11 Å². The molecule has 0 fully saturated rings. The third kappa shape index (κ3) is 2.05. The zero-order valence-corrected chi connectivity index (χ0v) is 8.82. The summed E-state index contributed by atoms with van der Waals surface area (Å²) in [5.41, 5.74) is 7.73. The number of aliphatic hydroxyl groups is 1. The van der Waals surface area contributed by atoms with Crippen LogP contribution in [0.25, 0.3) is 0 Å². The SMILES string of the molecule is COc1c(C)cccc1[C@@H](N)[C@@H](C)O. The lowest BCUT2D eigenvalue weighted by molar-refractivity contribution is 0.162. The Morgan fingerprint density at radius 3 is 2.57 bits per heavy atom. The van der Waals surface area contributed by atoms with Crippen LogP contribution in [0.15, 0.2) is 18.2 Å². The van der Waals surface area contributed by atoms with Gasteiger partial charge in [-0.15, -0.1) is 0 Å². The van der Waals surface area contributed by atoms with Crippen molar-refractivity contribution in [2.24, 2.45) is 5.73 Å². The molecular weight excluding hydrogens is 178 g/mol. The zero-order valence-electron chi connectivity index (χ0n) is 8.82. The summed E-state index contributed by atoms with van der Waals surface area (Å²) in [5.74, 6) is 0.765. The minimum absolute atomic E-state index is 0.398. The molecule has 0 saturated carbocycles. The Morgan fingerprint density at radius 2 is 2.07 bits per heavy atom. The van der Waals surface area contributed by atoms with Crippen LogP contribution in [0.1, 0.15) is 24.1 Å². The first-order valence-electron chi connectivity index (χ1n) is 4.65. The second-order valence-electron chi connectivity index (χ2n) is 3.46. The molecule has 0 aliphatic carbocycles. The number of nitrogens with two attached hydrogens (primary N) is 1. The van der Waals surface area contributed by atoms with Crippen LogP contribution in [0.4, 0.5) is 0 Å². The number of benzene rings is 1. The summed E-state index contributed by atoms with van der Waals surface area (Å²) in [4.78, 5) is 0. The maximum Gasteiger partial charge on any atom is 0.126 e. The molecule has 78 valence electrons. The van der Waals surface area contributed by atoms with E-state index in [1.54, 1.807) is 14.0 Å². The number of ether oxygens (including phenoxy) is 1. The lowest BCUT2D eigenvalue weighted by Gasteiger charge is -2.19. The molecular formula is C11H17NO2. The average molecular weight is 195 g/mol. The lowest BCUT2D eigenvalue weighted by atomic mass is 10.00. The van der Waals surface area contributed by atoms with E-state index < -0.39 is 12.1 Å². The molecule has 1 rings (SSSR count). The lowest BCUT2D eigenvalue weighted by Crippen LogP contribution is -2.23. The van der Waals surface area contributed by atoms with E-state index in [0.717, 1.165) is 16.9 Å². The number of rotatable bonds is 3. The zero-order chi connectivity index (χ0) is 10.7. The summed E-state index contributed by atoms with van der Waals surface area (Å²) >= 11 is 0. The highest BCUT2D eigenvalue weighted by Gasteiger charge is 2.17. The van der Waals surface area contributed by atoms with Crippen molar-refractivity contribution in [3.8, 4) is 5.75 Å². The van der Waals surface area contributed by atoms with Crippen molar-refractivity contribution >= 4 is 0 Å². The maximum absolute atomic E-state index is 9.40. The molecule has 0 unspecified atom stereocenters. The molecule has 3 nitrogen and oxygen atoms in total. The van der Waals surface area contributed by atoms with Crippen molar-refractivity contribution < 1.29 is 9.84 Å². The molecule has 0 heterocycles. The Balaban J connectivity index is 3.13. The van der Waals surface area contributed by atoms with Crippen LogP contribution in [0.2, 0.25) is 0 Å². The number of hydrogen-bond acceptors (Lipinski definition) is 3. The number of hydrogen-bond donors (Lipinski definition) is 2. The van der Waals surface area contributed by atoms with E-state index in [2.05, 4.69) is 0 Å². The number of aliphatic hydroxyl groups excluding tert-OH is 1. The highest BCUT2D eigenvalue weighted by molar-refractivity contribution is 5.42. The Morgan fingerprint density at radius 1 is 1.43 bits per heavy atom. The first-order valence-corrected chi connectivity index (χ1v) is 4.65. The molecule has 0 aliphatic rings. The van der Waals surface area contributed by atoms with Gasteiger partial charge in [0.25, 0.3) is 0 Å². The normalized spacial score (nSPS) is 14.9. The van der Waals surface area contributed by atoms with Crippen molar-refractivity contribution in [3.05, 3.63) is 29.3 Å². The summed E-state index contributed by atoms with van der Waals surface area (Å²) in [6, 6.07) is 5.35. The summed E-state index contributed by atoms with van der Waals surface area (Å²) in [6.45, 7) is 3.63. The van der Waals surface area contributed by atoms with Gasteiger partial charge >= 0.3 is 0 Å². The van der Waals surface area contributed by atoms with Crippen LogP contribution in [0.5, 0.6) is 5.75 Å². The molecule has 1 aromatic rings. The molecule has 1 aromatic carbocycles. The Hall–Kier alpha value is -1.06. The standard InChI is InChI=1S/C11H17NO2/c1-7-5-4-6-9(11(7)14-3)10(12)8(2)13/h4-6,8,10,13H,12H2,1-3H3/t8-,10+/m1/s1. The first-order chi connectivity index (χ1) is 6.57. The fraction of sp³-hybridized carbons (Fsp3) is 0.455. The fourth-order valence-corrected chi connectivity index (χ4v) is 1.48. The van der Waals surface area contributed by atoms with E-state index in [0.29, 0.717) is 0 Å². The van der Waals surface area contributed by atoms with Gasteiger partial charge in [-0.3, -0.25) is 0 Å². The summed E-state index contributed by atoms with van der Waals surface area (Å²) in [5, 5.41) is 9.40. The predicted molar refractivity (Wildman–Crippen MR) is 56.3 cm³/mol. The van der Waals surface area contributed by atoms with Crippen molar-refractivity contribution in [1.29, 1.82) is 0 Å². The van der Waals surface area contributed by atoms with Crippen molar-refractivity contribution in [2.75, 3.05) is 7.11 Å². The molecule has 0 amide bonds. The van der Waals surface area contributed by atoms with Crippen LogP contribution in [0, 0.1) is 6.92 Å². The van der Waals surface area contributed by atoms with Crippen LogP contribution < -0.4 is 10.5 Å². The molecule has 2 atom stereocenters. The van der Waals surface area contributed by atoms with Gasteiger partial charge in [0.15, 0.2) is 0 Å². The third-order valence-electron chi connectivity index (χ3n) is 2.33. The van der Waals surface area contributed by atoms with Gasteiger partial charge < -0.3 is 15.6 Å². The monoisotopic (exact) mass is 195 g/mol. The number of para-hydroxylation sites is 1. The Kier molecular flexibility index (Phi) is 3.49. The number of methoxy groups -OCH3 is 1. The van der Waals surface area contributed by atoms with Gasteiger partial charge in [0.2, 0.25) is 0 Å². The van der Waals surface area contributed by atoms with E-state index in [4.69, 9.17) is 10.5 Å². The van der Waals surface area contributed by atoms with E-state index in [1.165, 1.54) is 0 Å². The number of aryl methyl sites for hydroxylation is 1. The molecule has 14 heavy (non-hydrogen) atoms. The van der Waals surface area contributed by atoms with Gasteiger partial charge in [0.1, 0.15) is 5.75 Å². The molecule has 0 spiro atoms. The largest absolute Gasteiger partial charge is 0.496 e. The molecule has 0 bridgehead atoms. The molecule has 0 aromatic heterocycles. The van der Waals surface area contributed by atoms with Crippen LogP contribution >= 0.6 is 0 Å². The van der Waals surface area contributed by atoms with Crippen molar-refractivity contribution in [2.45, 2.75) is 26.0 Å². The van der Waals surface area contributed by atoms with E-state index in [1.807, 2.05) is 25.1 Å². The second kappa shape index (κ2) is 4.44. The van der Waals surface area contributed by atoms with Crippen molar-refractivity contribution in [3.63, 3.8) is 0 Å². The van der Waals surface area contributed by atoms with Crippen LogP contribution in [-0.4, -0.2) is 18.3 Å². The van der Waals surface area contributed by atoms with E-state index >= 15 is 0 Å². The van der Waals surface area contributed by atoms with Gasteiger partial charge in [-0.05, 0) is 19.4 Å². The molecule has 0 aliphatic heterocycles. The third-order valence-corrected chi connectivity index (χ3v) is 2.33. The topological polar surface area (TPSA) is 55.5 Å². The fourth-order valence-electron chi connectivity index (χ4n) is 1.48. The minimum atomic E-state index is -0.578. The molecule has 3 N–H and O–H groups in total. The van der Waals surface area contributed by atoms with E-state index in [-0.39, 0.29) is 0 Å². The van der Waals surface area contributed by atoms with Crippen molar-refractivity contribution in [1.82, 2.24) is 0 Å². The summed E-state index contributed by atoms with van der Waals surface area (Å²) in [7, 11) is 1.61. The molecule has 0 saturated heterocycles. The molecule has 0 radical (unpaired) electrons. The summed E-state index contributed by atoms with van der Waals surface area (Å²) < 4.78 is 5.26. The quantitative estimate of drug-likeness (QED) is 0.766. The van der Waals surface area contributed by atoms with Gasteiger partial charge in [-0.25, -0.2) is 0 Å². The molecule has 3 heteroatoms.